The number of thiocarbonyl (C=S) groups is 1. The Kier molecular flexibility index (Phi) is 5.30. The molecule has 5 heteroatoms. The molecular formula is C14H23N3S2. The van der Waals surface area contributed by atoms with E-state index in [-0.39, 0.29) is 0 Å². The number of hydrogen-bond donors (Lipinski definition) is 1. The molecule has 0 spiro atoms. The van der Waals surface area contributed by atoms with Gasteiger partial charge in [0.1, 0.15) is 4.99 Å². The van der Waals surface area contributed by atoms with Crippen LogP contribution in [0.5, 0.6) is 0 Å². The van der Waals surface area contributed by atoms with Gasteiger partial charge in [0.15, 0.2) is 0 Å². The minimum absolute atomic E-state index is 0.493. The second kappa shape index (κ2) is 6.77. The van der Waals surface area contributed by atoms with Gasteiger partial charge in [-0.05, 0) is 31.7 Å². The van der Waals surface area contributed by atoms with Gasteiger partial charge in [0.2, 0.25) is 0 Å². The normalized spacial score (nSPS) is 20.6. The van der Waals surface area contributed by atoms with E-state index < -0.39 is 0 Å². The zero-order valence-electron chi connectivity index (χ0n) is 11.8. The third-order valence-corrected chi connectivity index (χ3v) is 5.21. The number of aromatic nitrogens is 1. The van der Waals surface area contributed by atoms with Crippen LogP contribution in [0.25, 0.3) is 0 Å². The van der Waals surface area contributed by atoms with E-state index in [0.717, 1.165) is 35.9 Å². The SMILES string of the molecule is CCc1nc(CCN2CCCC(C)C2)sc1C(N)=S. The van der Waals surface area contributed by atoms with Gasteiger partial charge < -0.3 is 10.6 Å². The number of likely N-dealkylation sites (tertiary alicyclic amines) is 1. The Labute approximate surface area is 125 Å². The summed E-state index contributed by atoms with van der Waals surface area (Å²) in [6.45, 7) is 8.02. The van der Waals surface area contributed by atoms with E-state index in [9.17, 15) is 0 Å². The quantitative estimate of drug-likeness (QED) is 0.848. The zero-order chi connectivity index (χ0) is 13.8. The van der Waals surface area contributed by atoms with E-state index in [1.807, 2.05) is 0 Å². The molecule has 0 saturated carbocycles. The van der Waals surface area contributed by atoms with Crippen molar-refractivity contribution < 1.29 is 0 Å². The summed E-state index contributed by atoms with van der Waals surface area (Å²) >= 11 is 6.77. The lowest BCUT2D eigenvalue weighted by molar-refractivity contribution is 0.186. The lowest BCUT2D eigenvalue weighted by atomic mass is 10.0. The molecule has 1 aromatic rings. The first-order chi connectivity index (χ1) is 9.10. The summed E-state index contributed by atoms with van der Waals surface area (Å²) in [5, 5.41) is 1.18. The van der Waals surface area contributed by atoms with Crippen molar-refractivity contribution in [1.29, 1.82) is 0 Å². The van der Waals surface area contributed by atoms with Crippen LogP contribution in [-0.2, 0) is 12.8 Å². The molecule has 1 aliphatic rings. The summed E-state index contributed by atoms with van der Waals surface area (Å²) in [6, 6.07) is 0. The molecule has 1 aromatic heterocycles. The highest BCUT2D eigenvalue weighted by Crippen LogP contribution is 2.21. The molecule has 0 aromatic carbocycles. The molecule has 3 nitrogen and oxygen atoms in total. The minimum atomic E-state index is 0.493. The fourth-order valence-corrected chi connectivity index (χ4v) is 3.92. The summed E-state index contributed by atoms with van der Waals surface area (Å²) in [4.78, 5) is 8.74. The molecule has 1 atom stereocenters. The molecule has 0 bridgehead atoms. The lowest BCUT2D eigenvalue weighted by Crippen LogP contribution is -2.35. The number of piperidine rings is 1. The maximum Gasteiger partial charge on any atom is 0.116 e. The van der Waals surface area contributed by atoms with E-state index in [2.05, 4.69) is 23.7 Å². The molecule has 2 heterocycles. The molecule has 1 unspecified atom stereocenters. The van der Waals surface area contributed by atoms with Gasteiger partial charge in [0, 0.05) is 19.5 Å². The van der Waals surface area contributed by atoms with Crippen molar-refractivity contribution in [2.24, 2.45) is 11.7 Å². The first kappa shape index (κ1) is 14.9. The van der Waals surface area contributed by atoms with Gasteiger partial charge in [0.25, 0.3) is 0 Å². The maximum absolute atomic E-state index is 5.75. The Balaban J connectivity index is 1.94. The van der Waals surface area contributed by atoms with Gasteiger partial charge in [-0.15, -0.1) is 11.3 Å². The van der Waals surface area contributed by atoms with Crippen LogP contribution >= 0.6 is 23.6 Å². The number of aryl methyl sites for hydroxylation is 1. The highest BCUT2D eigenvalue weighted by Gasteiger charge is 2.17. The third-order valence-electron chi connectivity index (χ3n) is 3.68. The zero-order valence-corrected chi connectivity index (χ0v) is 13.4. The molecule has 106 valence electrons. The van der Waals surface area contributed by atoms with Crippen LogP contribution < -0.4 is 5.73 Å². The van der Waals surface area contributed by atoms with Crippen LogP contribution in [0.1, 0.15) is 42.3 Å². The Morgan fingerprint density at radius 1 is 1.58 bits per heavy atom. The van der Waals surface area contributed by atoms with Crippen molar-refractivity contribution in [3.8, 4) is 0 Å². The molecule has 0 amide bonds. The van der Waals surface area contributed by atoms with Gasteiger partial charge in [-0.2, -0.15) is 0 Å². The molecule has 19 heavy (non-hydrogen) atoms. The standard InChI is InChI=1S/C14H23N3S2/c1-3-11-13(14(15)18)19-12(16-11)6-8-17-7-4-5-10(2)9-17/h10H,3-9H2,1-2H3,(H2,15,18). The van der Waals surface area contributed by atoms with Gasteiger partial charge in [0.05, 0.1) is 15.6 Å². The average molecular weight is 297 g/mol. The van der Waals surface area contributed by atoms with Crippen molar-refractivity contribution in [2.45, 2.75) is 39.5 Å². The second-order valence-corrected chi connectivity index (χ2v) is 6.92. The fraction of sp³-hybridized carbons (Fsp3) is 0.714. The van der Waals surface area contributed by atoms with E-state index in [1.54, 1.807) is 11.3 Å². The topological polar surface area (TPSA) is 42.2 Å². The molecule has 0 radical (unpaired) electrons. The van der Waals surface area contributed by atoms with E-state index in [1.165, 1.54) is 30.9 Å². The molecule has 1 aliphatic heterocycles. The smallest absolute Gasteiger partial charge is 0.116 e. The first-order valence-electron chi connectivity index (χ1n) is 7.11. The fourth-order valence-electron chi connectivity index (χ4n) is 2.68. The highest BCUT2D eigenvalue weighted by molar-refractivity contribution is 7.81. The van der Waals surface area contributed by atoms with Crippen LogP contribution in [0.4, 0.5) is 0 Å². The van der Waals surface area contributed by atoms with Gasteiger partial charge in [-0.3, -0.25) is 0 Å². The van der Waals surface area contributed by atoms with Crippen LogP contribution in [0.2, 0.25) is 0 Å². The van der Waals surface area contributed by atoms with Gasteiger partial charge in [-0.25, -0.2) is 4.98 Å². The van der Waals surface area contributed by atoms with Gasteiger partial charge in [-0.1, -0.05) is 26.1 Å². The van der Waals surface area contributed by atoms with Crippen molar-refractivity contribution in [1.82, 2.24) is 9.88 Å². The first-order valence-corrected chi connectivity index (χ1v) is 8.33. The number of nitrogens with zero attached hydrogens (tertiary/aromatic N) is 2. The van der Waals surface area contributed by atoms with E-state index in [0.29, 0.717) is 4.99 Å². The molecule has 1 fully saturated rings. The number of hydrogen-bond acceptors (Lipinski definition) is 4. The number of rotatable bonds is 5. The lowest BCUT2D eigenvalue weighted by Gasteiger charge is -2.30. The van der Waals surface area contributed by atoms with Crippen molar-refractivity contribution >= 4 is 28.5 Å². The Bertz CT molecular complexity index is 442. The third kappa shape index (κ3) is 3.97. The predicted molar refractivity (Wildman–Crippen MR) is 85.9 cm³/mol. The molecule has 0 aliphatic carbocycles. The van der Waals surface area contributed by atoms with E-state index in [4.69, 9.17) is 18.0 Å². The predicted octanol–water partition coefficient (Wildman–Crippen LogP) is 2.61. The Morgan fingerprint density at radius 3 is 2.95 bits per heavy atom. The summed E-state index contributed by atoms with van der Waals surface area (Å²) in [5.41, 5.74) is 6.82. The summed E-state index contributed by atoms with van der Waals surface area (Å²) < 4.78 is 0. The van der Waals surface area contributed by atoms with Crippen molar-refractivity contribution in [2.75, 3.05) is 19.6 Å². The summed E-state index contributed by atoms with van der Waals surface area (Å²) in [5.74, 6) is 0.837. The number of nitrogens with two attached hydrogens (primary N) is 1. The largest absolute Gasteiger partial charge is 0.389 e. The summed E-state index contributed by atoms with van der Waals surface area (Å²) in [7, 11) is 0. The Morgan fingerprint density at radius 2 is 2.37 bits per heavy atom. The second-order valence-electron chi connectivity index (χ2n) is 5.40. The molecule has 2 rings (SSSR count). The molecule has 1 saturated heterocycles. The van der Waals surface area contributed by atoms with Crippen molar-refractivity contribution in [3.05, 3.63) is 15.6 Å². The van der Waals surface area contributed by atoms with Crippen LogP contribution in [0.15, 0.2) is 0 Å². The number of thiazole rings is 1. The minimum Gasteiger partial charge on any atom is -0.389 e. The van der Waals surface area contributed by atoms with E-state index >= 15 is 0 Å². The molecule has 2 N–H and O–H groups in total. The van der Waals surface area contributed by atoms with Crippen molar-refractivity contribution in [3.63, 3.8) is 0 Å². The Hall–Kier alpha value is -0.520. The van der Waals surface area contributed by atoms with Crippen LogP contribution in [-0.4, -0.2) is 34.5 Å². The highest BCUT2D eigenvalue weighted by atomic mass is 32.1. The van der Waals surface area contributed by atoms with Crippen LogP contribution in [0.3, 0.4) is 0 Å². The monoisotopic (exact) mass is 297 g/mol. The van der Waals surface area contributed by atoms with Gasteiger partial charge >= 0.3 is 0 Å². The molecular weight excluding hydrogens is 274 g/mol. The average Bonchev–Trinajstić information content (AvgIpc) is 2.80. The summed E-state index contributed by atoms with van der Waals surface area (Å²) in [6.07, 6.45) is 4.63. The maximum atomic E-state index is 5.75. The van der Waals surface area contributed by atoms with Crippen LogP contribution in [0, 0.1) is 5.92 Å².